The van der Waals surface area contributed by atoms with Crippen LogP contribution in [-0.2, 0) is 24.0 Å². The third-order valence-electron chi connectivity index (χ3n) is 9.68. The molecular formula is C33H53N5O6. The molecule has 0 radical (unpaired) electrons. The minimum atomic E-state index is -1.12. The van der Waals surface area contributed by atoms with Gasteiger partial charge in [-0.3, -0.25) is 24.0 Å². The van der Waals surface area contributed by atoms with Gasteiger partial charge in [-0.25, -0.2) is 4.79 Å². The normalized spacial score (nSPS) is 23.4. The lowest BCUT2D eigenvalue weighted by atomic mass is 9.79. The minimum Gasteiger partial charge on any atom is -0.363 e. The summed E-state index contributed by atoms with van der Waals surface area (Å²) in [4.78, 5) is 80.7. The fraction of sp³-hybridized carbons (Fsp3) is 0.758. The first-order valence-corrected chi connectivity index (χ1v) is 16.0. The molecule has 44 heavy (non-hydrogen) atoms. The number of nitrogens with two attached hydrogens (primary N) is 1. The van der Waals surface area contributed by atoms with Crippen LogP contribution in [-0.4, -0.2) is 70.9 Å². The highest BCUT2D eigenvalue weighted by Gasteiger charge is 2.51. The average Bonchev–Trinajstić information content (AvgIpc) is 3.54. The Labute approximate surface area is 261 Å². The summed E-state index contributed by atoms with van der Waals surface area (Å²) in [5.74, 6) is -3.45. The van der Waals surface area contributed by atoms with Gasteiger partial charge in [0.25, 0.3) is 5.91 Å². The molecule has 5 amide bonds. The molecule has 1 aliphatic heterocycles. The van der Waals surface area contributed by atoms with E-state index < -0.39 is 70.5 Å². The Morgan fingerprint density at radius 3 is 2.02 bits per heavy atom. The first-order valence-electron chi connectivity index (χ1n) is 16.0. The fourth-order valence-corrected chi connectivity index (χ4v) is 6.39. The van der Waals surface area contributed by atoms with E-state index >= 15 is 0 Å². The molecule has 2 saturated carbocycles. The molecular weight excluding hydrogens is 562 g/mol. The van der Waals surface area contributed by atoms with Crippen LogP contribution in [0.25, 0.3) is 0 Å². The lowest BCUT2D eigenvalue weighted by Crippen LogP contribution is -2.62. The zero-order valence-electron chi connectivity index (χ0n) is 27.7. The van der Waals surface area contributed by atoms with Crippen LogP contribution in [0.15, 0.2) is 12.2 Å². The molecule has 5 N–H and O–H groups in total. The van der Waals surface area contributed by atoms with Gasteiger partial charge in [0.05, 0.1) is 12.1 Å². The van der Waals surface area contributed by atoms with Crippen molar-refractivity contribution < 1.29 is 28.8 Å². The number of likely N-dealkylation sites (tertiary alicyclic amines) is 1. The monoisotopic (exact) mass is 615 g/mol. The summed E-state index contributed by atoms with van der Waals surface area (Å²) in [5, 5.41) is 8.38. The molecule has 11 nitrogen and oxygen atoms in total. The van der Waals surface area contributed by atoms with Crippen LogP contribution >= 0.6 is 0 Å². The summed E-state index contributed by atoms with van der Waals surface area (Å²) in [6.07, 6.45) is 4.71. The standard InChI is InChI=1S/C33H53N5O6/c1-17(2)22-19(5)16-38(24(22)29(42)35-21(25(39)28(34)41)15-20-11-10-12-20)30(43)26(32(6,7)8)37-31(44)36-23(18(3)4)27(40)33(9)13-14-33/h17-18,20-24,26H,5,10-16H2,1-4,6-9H3,(H2,34,41)(H,35,42)(H2,36,37,44)/t21?,22-,23-,24-,26+/m0/s1. The highest BCUT2D eigenvalue weighted by atomic mass is 16.2. The second kappa shape index (κ2) is 13.4. The molecule has 3 aliphatic rings. The van der Waals surface area contributed by atoms with Crippen molar-refractivity contribution in [2.24, 2.45) is 40.2 Å². The molecule has 0 spiro atoms. The molecule has 3 fully saturated rings. The van der Waals surface area contributed by atoms with E-state index in [1.807, 2.05) is 55.4 Å². The van der Waals surface area contributed by atoms with E-state index in [2.05, 4.69) is 22.5 Å². The predicted octanol–water partition coefficient (Wildman–Crippen LogP) is 2.86. The van der Waals surface area contributed by atoms with Gasteiger partial charge in [0.15, 0.2) is 5.78 Å². The Bertz CT molecular complexity index is 1180. The van der Waals surface area contributed by atoms with Crippen LogP contribution in [0.5, 0.6) is 0 Å². The van der Waals surface area contributed by atoms with Gasteiger partial charge in [-0.2, -0.15) is 0 Å². The molecule has 0 aromatic heterocycles. The Morgan fingerprint density at radius 2 is 1.59 bits per heavy atom. The number of amides is 5. The second-order valence-electron chi connectivity index (χ2n) is 15.2. The lowest BCUT2D eigenvalue weighted by molar-refractivity contribution is -0.144. The molecule has 5 atom stereocenters. The highest BCUT2D eigenvalue weighted by Crippen LogP contribution is 2.47. The number of hydrogen-bond acceptors (Lipinski definition) is 6. The van der Waals surface area contributed by atoms with Gasteiger partial charge in [-0.05, 0) is 42.4 Å². The molecule has 3 rings (SSSR count). The van der Waals surface area contributed by atoms with E-state index in [-0.39, 0.29) is 30.1 Å². The number of hydrogen-bond donors (Lipinski definition) is 4. The molecule has 0 aromatic rings. The number of rotatable bonds is 13. The third kappa shape index (κ3) is 7.88. The van der Waals surface area contributed by atoms with Crippen LogP contribution in [0.3, 0.4) is 0 Å². The zero-order valence-corrected chi connectivity index (χ0v) is 27.7. The SMILES string of the molecule is C=C1CN(C(=O)[C@@H](NC(=O)N[C@H](C(=O)C2(C)CC2)C(C)C)C(C)(C)C)[C@H](C(=O)NC(CC2CCC2)C(=O)C(N)=O)[C@H]1C(C)C. The number of urea groups is 1. The number of nitrogens with zero attached hydrogens (tertiary/aromatic N) is 1. The summed E-state index contributed by atoms with van der Waals surface area (Å²) in [6, 6.07) is -4.47. The summed E-state index contributed by atoms with van der Waals surface area (Å²) in [5.41, 5.74) is 4.81. The maximum Gasteiger partial charge on any atom is 0.316 e. The first-order chi connectivity index (χ1) is 20.3. The van der Waals surface area contributed by atoms with Crippen molar-refractivity contribution in [1.29, 1.82) is 0 Å². The van der Waals surface area contributed by atoms with Crippen molar-refractivity contribution in [2.75, 3.05) is 6.54 Å². The molecule has 0 bridgehead atoms. The summed E-state index contributed by atoms with van der Waals surface area (Å²) < 4.78 is 0. The maximum absolute atomic E-state index is 14.3. The Morgan fingerprint density at radius 1 is 1.00 bits per heavy atom. The third-order valence-corrected chi connectivity index (χ3v) is 9.68. The summed E-state index contributed by atoms with van der Waals surface area (Å²) >= 11 is 0. The Balaban J connectivity index is 1.86. The van der Waals surface area contributed by atoms with Gasteiger partial charge >= 0.3 is 6.03 Å². The molecule has 1 saturated heterocycles. The topological polar surface area (TPSA) is 168 Å². The van der Waals surface area contributed by atoms with Crippen molar-refractivity contribution in [3.8, 4) is 0 Å². The van der Waals surface area contributed by atoms with E-state index in [0.717, 1.165) is 32.1 Å². The Kier molecular flexibility index (Phi) is 10.7. The van der Waals surface area contributed by atoms with Gasteiger partial charge in [-0.15, -0.1) is 0 Å². The second-order valence-corrected chi connectivity index (χ2v) is 15.2. The van der Waals surface area contributed by atoms with Gasteiger partial charge in [0.1, 0.15) is 12.1 Å². The van der Waals surface area contributed by atoms with Crippen molar-refractivity contribution in [3.63, 3.8) is 0 Å². The summed E-state index contributed by atoms with van der Waals surface area (Å²) in [6.45, 7) is 19.2. The van der Waals surface area contributed by atoms with E-state index in [1.165, 1.54) is 4.90 Å². The maximum atomic E-state index is 14.3. The zero-order chi connectivity index (χ0) is 33.3. The van der Waals surface area contributed by atoms with Gasteiger partial charge in [0, 0.05) is 17.9 Å². The van der Waals surface area contributed by atoms with E-state index in [0.29, 0.717) is 12.0 Å². The van der Waals surface area contributed by atoms with Crippen molar-refractivity contribution in [1.82, 2.24) is 20.9 Å². The number of carbonyl (C=O) groups is 6. The number of primary amides is 1. The molecule has 0 aromatic carbocycles. The summed E-state index contributed by atoms with van der Waals surface area (Å²) in [7, 11) is 0. The molecule has 1 heterocycles. The van der Waals surface area contributed by atoms with Gasteiger partial charge in [0.2, 0.25) is 17.6 Å². The quantitative estimate of drug-likeness (QED) is 0.184. The Hall–Kier alpha value is -3.24. The van der Waals surface area contributed by atoms with Crippen LogP contribution in [0.2, 0.25) is 0 Å². The first kappa shape index (κ1) is 35.2. The van der Waals surface area contributed by atoms with E-state index in [9.17, 15) is 28.8 Å². The smallest absolute Gasteiger partial charge is 0.316 e. The predicted molar refractivity (Wildman–Crippen MR) is 167 cm³/mol. The minimum absolute atomic E-state index is 0.0180. The largest absolute Gasteiger partial charge is 0.363 e. The molecule has 11 heteroatoms. The number of carbonyl (C=O) groups excluding carboxylic acids is 6. The molecule has 2 aliphatic carbocycles. The van der Waals surface area contributed by atoms with Crippen molar-refractivity contribution >= 4 is 35.3 Å². The van der Waals surface area contributed by atoms with E-state index in [4.69, 9.17) is 5.73 Å². The molecule has 1 unspecified atom stereocenters. The molecule has 246 valence electrons. The van der Waals surface area contributed by atoms with Crippen LogP contribution in [0.1, 0.15) is 93.9 Å². The van der Waals surface area contributed by atoms with Gasteiger partial charge in [-0.1, -0.05) is 86.8 Å². The van der Waals surface area contributed by atoms with Gasteiger partial charge < -0.3 is 26.6 Å². The number of ketones is 2. The number of nitrogens with one attached hydrogen (secondary N) is 3. The fourth-order valence-electron chi connectivity index (χ4n) is 6.39. The van der Waals surface area contributed by atoms with Crippen LogP contribution in [0.4, 0.5) is 4.79 Å². The van der Waals surface area contributed by atoms with E-state index in [1.54, 1.807) is 0 Å². The number of Topliss-reactive ketones (excluding diaryl/α,β-unsaturated/α-hetero) is 2. The van der Waals surface area contributed by atoms with Crippen molar-refractivity contribution in [3.05, 3.63) is 12.2 Å². The van der Waals surface area contributed by atoms with Crippen LogP contribution in [0, 0.1) is 34.5 Å². The average molecular weight is 616 g/mol. The van der Waals surface area contributed by atoms with Crippen LogP contribution < -0.4 is 21.7 Å². The lowest BCUT2D eigenvalue weighted by Gasteiger charge is -2.37. The highest BCUT2D eigenvalue weighted by molar-refractivity contribution is 6.37. The van der Waals surface area contributed by atoms with Crippen molar-refractivity contribution in [2.45, 2.75) is 118 Å².